The zero-order valence-corrected chi connectivity index (χ0v) is 8.51. The molecule has 0 radical (unpaired) electrons. The Hall–Kier alpha value is -2.24. The maximum absolute atomic E-state index is 13.2. The van der Waals surface area contributed by atoms with Gasteiger partial charge in [-0.05, 0) is 12.1 Å². The summed E-state index contributed by atoms with van der Waals surface area (Å²) in [5, 5.41) is 12.5. The number of benzene rings is 1. The normalized spacial score (nSPS) is 11.1. The first-order valence-corrected chi connectivity index (χ1v) is 4.38. The minimum Gasteiger partial charge on any atom is -0.478 e. The number of halogens is 1. The molecule has 0 aliphatic heterocycles. The number of carbonyl (C=O) groups is 1. The van der Waals surface area contributed by atoms with Crippen molar-refractivity contribution in [1.29, 1.82) is 0 Å². The molecule has 0 aliphatic rings. The first-order valence-electron chi connectivity index (χ1n) is 4.38. The van der Waals surface area contributed by atoms with Crippen molar-refractivity contribution in [3.8, 4) is 0 Å². The van der Waals surface area contributed by atoms with Gasteiger partial charge in [0.25, 0.3) is 0 Å². The lowest BCUT2D eigenvalue weighted by atomic mass is 10.2. The minimum absolute atomic E-state index is 0.0910. The van der Waals surface area contributed by atoms with Gasteiger partial charge in [-0.15, -0.1) is 0 Å². The quantitative estimate of drug-likeness (QED) is 0.601. The van der Waals surface area contributed by atoms with Crippen LogP contribution in [0.1, 0.15) is 10.4 Å². The lowest BCUT2D eigenvalue weighted by Gasteiger charge is -2.04. The second-order valence-corrected chi connectivity index (χ2v) is 2.76. The molecule has 6 heteroatoms. The SMILES string of the molecule is CN=C/C=N/Nc1cccc(F)c1C(=O)O. The van der Waals surface area contributed by atoms with Crippen molar-refractivity contribution >= 4 is 24.1 Å². The summed E-state index contributed by atoms with van der Waals surface area (Å²) in [4.78, 5) is 14.4. The molecule has 0 fully saturated rings. The number of nitrogens with zero attached hydrogens (tertiary/aromatic N) is 2. The lowest BCUT2D eigenvalue weighted by Crippen LogP contribution is -2.05. The smallest absolute Gasteiger partial charge is 0.340 e. The van der Waals surface area contributed by atoms with Gasteiger partial charge < -0.3 is 5.11 Å². The molecule has 84 valence electrons. The Balaban J connectivity index is 2.95. The van der Waals surface area contributed by atoms with Gasteiger partial charge in [-0.1, -0.05) is 6.07 Å². The van der Waals surface area contributed by atoms with Gasteiger partial charge in [0.2, 0.25) is 0 Å². The number of hydrazone groups is 1. The maximum atomic E-state index is 13.2. The highest BCUT2D eigenvalue weighted by Gasteiger charge is 2.14. The van der Waals surface area contributed by atoms with Crippen molar-refractivity contribution in [2.75, 3.05) is 12.5 Å². The fraction of sp³-hybridized carbons (Fsp3) is 0.100. The molecule has 2 N–H and O–H groups in total. The van der Waals surface area contributed by atoms with E-state index in [-0.39, 0.29) is 5.69 Å². The Labute approximate surface area is 91.3 Å². The summed E-state index contributed by atoms with van der Waals surface area (Å²) in [6, 6.07) is 3.90. The van der Waals surface area contributed by atoms with Crippen LogP contribution in [0.4, 0.5) is 10.1 Å². The van der Waals surface area contributed by atoms with E-state index in [1.54, 1.807) is 7.05 Å². The molecule has 0 saturated carbocycles. The van der Waals surface area contributed by atoms with Crippen LogP contribution >= 0.6 is 0 Å². The predicted octanol–water partition coefficient (Wildman–Crippen LogP) is 1.62. The Morgan fingerprint density at radius 3 is 2.88 bits per heavy atom. The first kappa shape index (κ1) is 11.8. The molecule has 1 aromatic carbocycles. The topological polar surface area (TPSA) is 74.0 Å². The molecule has 0 atom stereocenters. The van der Waals surface area contributed by atoms with E-state index in [0.717, 1.165) is 6.07 Å². The molecule has 0 amide bonds. The van der Waals surface area contributed by atoms with E-state index in [2.05, 4.69) is 15.5 Å². The summed E-state index contributed by atoms with van der Waals surface area (Å²) >= 11 is 0. The predicted molar refractivity (Wildman–Crippen MR) is 59.9 cm³/mol. The molecule has 1 rings (SSSR count). The second-order valence-electron chi connectivity index (χ2n) is 2.76. The van der Waals surface area contributed by atoms with Crippen LogP contribution in [0.25, 0.3) is 0 Å². The minimum atomic E-state index is -1.35. The molecule has 0 bridgehead atoms. The zero-order valence-electron chi connectivity index (χ0n) is 8.51. The van der Waals surface area contributed by atoms with Gasteiger partial charge in [-0.25, -0.2) is 9.18 Å². The van der Waals surface area contributed by atoms with Gasteiger partial charge >= 0.3 is 5.97 Å². The number of carboxylic acids is 1. The number of rotatable bonds is 4. The number of anilines is 1. The van der Waals surface area contributed by atoms with Crippen molar-refractivity contribution in [2.24, 2.45) is 10.1 Å². The van der Waals surface area contributed by atoms with Crippen molar-refractivity contribution in [3.63, 3.8) is 0 Å². The Morgan fingerprint density at radius 1 is 1.50 bits per heavy atom. The van der Waals surface area contributed by atoms with Crippen LogP contribution in [0.5, 0.6) is 0 Å². The van der Waals surface area contributed by atoms with Crippen LogP contribution < -0.4 is 5.43 Å². The number of nitrogens with one attached hydrogen (secondary N) is 1. The highest BCUT2D eigenvalue weighted by molar-refractivity contribution is 6.16. The fourth-order valence-electron chi connectivity index (χ4n) is 1.04. The number of aliphatic imine (C=N–C) groups is 1. The highest BCUT2D eigenvalue weighted by Crippen LogP contribution is 2.18. The van der Waals surface area contributed by atoms with Crippen molar-refractivity contribution < 1.29 is 14.3 Å². The van der Waals surface area contributed by atoms with Crippen LogP contribution in [0.15, 0.2) is 28.3 Å². The van der Waals surface area contributed by atoms with Crippen LogP contribution in [-0.2, 0) is 0 Å². The van der Waals surface area contributed by atoms with E-state index in [1.165, 1.54) is 24.6 Å². The number of aromatic carboxylic acids is 1. The van der Waals surface area contributed by atoms with E-state index in [1.807, 2.05) is 0 Å². The zero-order chi connectivity index (χ0) is 12.0. The summed E-state index contributed by atoms with van der Waals surface area (Å²) in [5.41, 5.74) is 2.08. The third kappa shape index (κ3) is 2.88. The van der Waals surface area contributed by atoms with E-state index in [4.69, 9.17) is 5.11 Å². The van der Waals surface area contributed by atoms with Crippen LogP contribution in [0.3, 0.4) is 0 Å². The van der Waals surface area contributed by atoms with Gasteiger partial charge in [-0.2, -0.15) is 5.10 Å². The van der Waals surface area contributed by atoms with Gasteiger partial charge in [0.15, 0.2) is 0 Å². The second kappa shape index (κ2) is 5.59. The monoisotopic (exact) mass is 223 g/mol. The van der Waals surface area contributed by atoms with Crippen LogP contribution in [0.2, 0.25) is 0 Å². The Morgan fingerprint density at radius 2 is 2.25 bits per heavy atom. The van der Waals surface area contributed by atoms with Gasteiger partial charge in [0.1, 0.15) is 11.4 Å². The third-order valence-electron chi connectivity index (χ3n) is 1.70. The maximum Gasteiger partial charge on any atom is 0.340 e. The molecule has 0 unspecified atom stereocenters. The molecule has 0 spiro atoms. The Kier molecular flexibility index (Phi) is 4.14. The van der Waals surface area contributed by atoms with Crippen molar-refractivity contribution in [3.05, 3.63) is 29.6 Å². The van der Waals surface area contributed by atoms with Gasteiger partial charge in [-0.3, -0.25) is 10.4 Å². The summed E-state index contributed by atoms with van der Waals surface area (Å²) < 4.78 is 13.2. The van der Waals surface area contributed by atoms with Crippen molar-refractivity contribution in [2.45, 2.75) is 0 Å². The van der Waals surface area contributed by atoms with E-state index in [0.29, 0.717) is 0 Å². The number of carboxylic acid groups (broad SMARTS) is 1. The summed E-state index contributed by atoms with van der Waals surface area (Å²) in [6.45, 7) is 0. The van der Waals surface area contributed by atoms with E-state index < -0.39 is 17.3 Å². The lowest BCUT2D eigenvalue weighted by molar-refractivity contribution is 0.0693. The van der Waals surface area contributed by atoms with E-state index >= 15 is 0 Å². The summed E-state index contributed by atoms with van der Waals surface area (Å²) in [5.74, 6) is -2.16. The van der Waals surface area contributed by atoms with Crippen LogP contribution in [-0.4, -0.2) is 30.6 Å². The number of hydrogen-bond acceptors (Lipinski definition) is 4. The molecule has 0 aromatic heterocycles. The standard InChI is InChI=1S/C10H10FN3O2/c1-12-5-6-13-14-8-4-2-3-7(11)9(8)10(15)16/h2-6,14H,1H3,(H,15,16)/b12-5?,13-6+. The molecule has 0 aliphatic carbocycles. The van der Waals surface area contributed by atoms with Gasteiger partial charge in [0.05, 0.1) is 11.9 Å². The molecule has 1 aromatic rings. The molecule has 5 nitrogen and oxygen atoms in total. The fourth-order valence-corrected chi connectivity index (χ4v) is 1.04. The third-order valence-corrected chi connectivity index (χ3v) is 1.70. The molecule has 0 saturated heterocycles. The van der Waals surface area contributed by atoms with Crippen molar-refractivity contribution in [1.82, 2.24) is 0 Å². The van der Waals surface area contributed by atoms with E-state index in [9.17, 15) is 9.18 Å². The van der Waals surface area contributed by atoms with Crippen LogP contribution in [0, 0.1) is 5.82 Å². The molecular weight excluding hydrogens is 213 g/mol. The largest absolute Gasteiger partial charge is 0.478 e. The van der Waals surface area contributed by atoms with Gasteiger partial charge in [0, 0.05) is 13.3 Å². The summed E-state index contributed by atoms with van der Waals surface area (Å²) in [6.07, 6.45) is 2.74. The molecular formula is C10H10FN3O2. The summed E-state index contributed by atoms with van der Waals surface area (Å²) in [7, 11) is 1.57. The molecule has 16 heavy (non-hydrogen) atoms. The first-order chi connectivity index (χ1) is 7.66. The average Bonchev–Trinajstić information content (AvgIpc) is 2.24. The Bertz CT molecular complexity index is 444. The number of hydrogen-bond donors (Lipinski definition) is 2. The highest BCUT2D eigenvalue weighted by atomic mass is 19.1. The average molecular weight is 223 g/mol. The molecule has 0 heterocycles.